The molecule has 0 aliphatic rings. The number of nitrogens with one attached hydrogen (secondary N) is 1. The van der Waals surface area contributed by atoms with Crippen LogP contribution in [-0.4, -0.2) is 21.8 Å². The number of para-hydroxylation sites is 1. The van der Waals surface area contributed by atoms with Crippen LogP contribution in [0.2, 0.25) is 0 Å². The van der Waals surface area contributed by atoms with Crippen LogP contribution in [0.3, 0.4) is 0 Å². The summed E-state index contributed by atoms with van der Waals surface area (Å²) < 4.78 is 0. The van der Waals surface area contributed by atoms with Gasteiger partial charge in [0.25, 0.3) is 5.91 Å². The van der Waals surface area contributed by atoms with Crippen LogP contribution in [0.5, 0.6) is 5.88 Å². The molecule has 0 radical (unpaired) electrons. The first-order valence-corrected chi connectivity index (χ1v) is 7.64. The summed E-state index contributed by atoms with van der Waals surface area (Å²) >= 11 is 1.40. The van der Waals surface area contributed by atoms with E-state index in [1.807, 2.05) is 54.6 Å². The Bertz CT molecular complexity index is 828. The SMILES string of the molecule is O=C(CSc1ccccc1)N=Nc1c(O)[nH]c2ccccc12. The summed E-state index contributed by atoms with van der Waals surface area (Å²) in [6.45, 7) is 0. The second kappa shape index (κ2) is 6.44. The van der Waals surface area contributed by atoms with E-state index < -0.39 is 0 Å². The molecule has 3 rings (SSSR count). The normalized spacial score (nSPS) is 11.3. The number of nitrogens with zero attached hydrogens (tertiary/aromatic N) is 2. The second-order valence-corrected chi connectivity index (χ2v) is 5.61. The molecule has 0 saturated heterocycles. The van der Waals surface area contributed by atoms with Gasteiger partial charge < -0.3 is 10.1 Å². The van der Waals surface area contributed by atoms with E-state index in [1.165, 1.54) is 11.8 Å². The van der Waals surface area contributed by atoms with Crippen molar-refractivity contribution in [1.82, 2.24) is 4.98 Å². The van der Waals surface area contributed by atoms with Crippen molar-refractivity contribution in [3.05, 3.63) is 54.6 Å². The molecule has 0 fully saturated rings. The number of amides is 1. The van der Waals surface area contributed by atoms with Crippen LogP contribution in [-0.2, 0) is 4.79 Å². The number of thioether (sulfide) groups is 1. The zero-order valence-corrected chi connectivity index (χ0v) is 12.4. The highest BCUT2D eigenvalue weighted by atomic mass is 32.2. The predicted molar refractivity (Wildman–Crippen MR) is 86.7 cm³/mol. The van der Waals surface area contributed by atoms with Gasteiger partial charge in [0.15, 0.2) is 5.69 Å². The van der Waals surface area contributed by atoms with E-state index in [2.05, 4.69) is 15.2 Å². The van der Waals surface area contributed by atoms with Crippen molar-refractivity contribution in [3.8, 4) is 5.88 Å². The van der Waals surface area contributed by atoms with Gasteiger partial charge in [-0.25, -0.2) is 0 Å². The lowest BCUT2D eigenvalue weighted by Crippen LogP contribution is -1.95. The number of carbonyl (C=O) groups is 1. The Balaban J connectivity index is 1.70. The first-order chi connectivity index (χ1) is 10.7. The third kappa shape index (κ3) is 3.17. The summed E-state index contributed by atoms with van der Waals surface area (Å²) in [5.74, 6) is -0.233. The fourth-order valence-electron chi connectivity index (χ4n) is 2.01. The molecule has 0 atom stereocenters. The molecule has 1 amide bonds. The van der Waals surface area contributed by atoms with Crippen LogP contribution in [0.4, 0.5) is 5.69 Å². The predicted octanol–water partition coefficient (Wildman–Crippen LogP) is 4.28. The van der Waals surface area contributed by atoms with E-state index in [1.54, 1.807) is 0 Å². The van der Waals surface area contributed by atoms with Gasteiger partial charge in [-0.3, -0.25) is 4.79 Å². The molecule has 3 aromatic rings. The van der Waals surface area contributed by atoms with Gasteiger partial charge in [0.1, 0.15) is 0 Å². The lowest BCUT2D eigenvalue weighted by Gasteiger charge is -1.96. The number of H-pyrrole nitrogens is 1. The molecule has 22 heavy (non-hydrogen) atoms. The summed E-state index contributed by atoms with van der Waals surface area (Å²) in [5.41, 5.74) is 1.04. The van der Waals surface area contributed by atoms with E-state index >= 15 is 0 Å². The average Bonchev–Trinajstić information content (AvgIpc) is 2.87. The molecule has 0 unspecified atom stereocenters. The molecule has 1 aromatic heterocycles. The maximum Gasteiger partial charge on any atom is 0.274 e. The Morgan fingerprint density at radius 3 is 2.64 bits per heavy atom. The monoisotopic (exact) mass is 311 g/mol. The number of fused-ring (bicyclic) bond motifs is 1. The number of aromatic hydroxyl groups is 1. The second-order valence-electron chi connectivity index (χ2n) is 4.56. The van der Waals surface area contributed by atoms with E-state index in [9.17, 15) is 9.90 Å². The van der Waals surface area contributed by atoms with Gasteiger partial charge in [0, 0.05) is 10.3 Å². The van der Waals surface area contributed by atoms with E-state index in [0.29, 0.717) is 0 Å². The molecular weight excluding hydrogens is 298 g/mol. The third-order valence-corrected chi connectivity index (χ3v) is 4.02. The number of aromatic amines is 1. The van der Waals surface area contributed by atoms with Gasteiger partial charge in [-0.1, -0.05) is 36.4 Å². The number of hydrogen-bond acceptors (Lipinski definition) is 4. The third-order valence-electron chi connectivity index (χ3n) is 3.03. The fourth-order valence-corrected chi connectivity index (χ4v) is 2.71. The summed E-state index contributed by atoms with van der Waals surface area (Å²) in [5, 5.41) is 18.1. The minimum absolute atomic E-state index is 0.0894. The number of rotatable bonds is 4. The minimum atomic E-state index is -0.349. The topological polar surface area (TPSA) is 77.8 Å². The Kier molecular flexibility index (Phi) is 4.20. The molecule has 0 aliphatic carbocycles. The first kappa shape index (κ1) is 14.3. The molecule has 2 aromatic carbocycles. The van der Waals surface area contributed by atoms with Crippen molar-refractivity contribution in [1.29, 1.82) is 0 Å². The first-order valence-electron chi connectivity index (χ1n) is 6.66. The summed E-state index contributed by atoms with van der Waals surface area (Å²) in [6.07, 6.45) is 0. The van der Waals surface area contributed by atoms with Crippen molar-refractivity contribution in [3.63, 3.8) is 0 Å². The van der Waals surface area contributed by atoms with E-state index in [4.69, 9.17) is 0 Å². The highest BCUT2D eigenvalue weighted by Crippen LogP contribution is 2.35. The zero-order valence-electron chi connectivity index (χ0n) is 11.6. The molecule has 1 heterocycles. The van der Waals surface area contributed by atoms with Gasteiger partial charge in [0.2, 0.25) is 5.88 Å². The standard InChI is InChI=1S/C16H13N3O2S/c20-14(10-22-11-6-2-1-3-7-11)18-19-15-12-8-4-5-9-13(12)17-16(15)21/h1-9,17,21H,10H2. The van der Waals surface area contributed by atoms with Crippen LogP contribution >= 0.6 is 11.8 Å². The highest BCUT2D eigenvalue weighted by Gasteiger charge is 2.10. The zero-order chi connectivity index (χ0) is 15.4. The molecule has 5 nitrogen and oxygen atoms in total. The summed E-state index contributed by atoms with van der Waals surface area (Å²) in [7, 11) is 0. The molecule has 0 aliphatic heterocycles. The summed E-state index contributed by atoms with van der Waals surface area (Å²) in [4.78, 5) is 15.6. The van der Waals surface area contributed by atoms with Crippen molar-refractivity contribution in [2.45, 2.75) is 4.90 Å². The van der Waals surface area contributed by atoms with E-state index in [0.717, 1.165) is 15.8 Å². The van der Waals surface area contributed by atoms with Crippen molar-refractivity contribution < 1.29 is 9.90 Å². The largest absolute Gasteiger partial charge is 0.493 e. The minimum Gasteiger partial charge on any atom is -0.493 e. The quantitative estimate of drug-likeness (QED) is 0.557. The number of azo groups is 1. The Labute approximate surface area is 131 Å². The number of aromatic nitrogens is 1. The maximum atomic E-state index is 11.8. The molecule has 0 spiro atoms. The van der Waals surface area contributed by atoms with Gasteiger partial charge in [-0.2, -0.15) is 0 Å². The molecular formula is C16H13N3O2S. The fraction of sp³-hybridized carbons (Fsp3) is 0.0625. The Morgan fingerprint density at radius 1 is 1.09 bits per heavy atom. The molecule has 2 N–H and O–H groups in total. The molecule has 0 bridgehead atoms. The van der Waals surface area contributed by atoms with Crippen molar-refractivity contribution in [2.75, 3.05) is 5.75 Å². The number of hydrogen-bond donors (Lipinski definition) is 2. The van der Waals surface area contributed by atoms with Crippen LogP contribution in [0, 0.1) is 0 Å². The Hall–Kier alpha value is -2.60. The lowest BCUT2D eigenvalue weighted by atomic mass is 10.2. The maximum absolute atomic E-state index is 11.8. The Morgan fingerprint density at radius 2 is 1.82 bits per heavy atom. The van der Waals surface area contributed by atoms with Crippen LogP contribution in [0.25, 0.3) is 10.9 Å². The molecule has 0 saturated carbocycles. The average molecular weight is 311 g/mol. The van der Waals surface area contributed by atoms with Crippen LogP contribution < -0.4 is 0 Å². The number of benzene rings is 2. The van der Waals surface area contributed by atoms with E-state index in [-0.39, 0.29) is 23.2 Å². The summed E-state index contributed by atoms with van der Waals surface area (Å²) in [6, 6.07) is 16.9. The van der Waals surface area contributed by atoms with Gasteiger partial charge in [0.05, 0.1) is 11.3 Å². The molecule has 110 valence electrons. The smallest absolute Gasteiger partial charge is 0.274 e. The highest BCUT2D eigenvalue weighted by molar-refractivity contribution is 8.00. The van der Waals surface area contributed by atoms with Crippen LogP contribution in [0.15, 0.2) is 69.7 Å². The van der Waals surface area contributed by atoms with Gasteiger partial charge >= 0.3 is 0 Å². The lowest BCUT2D eigenvalue weighted by molar-refractivity contribution is -0.115. The van der Waals surface area contributed by atoms with Crippen LogP contribution in [0.1, 0.15) is 0 Å². The van der Waals surface area contributed by atoms with Crippen molar-refractivity contribution in [2.24, 2.45) is 10.2 Å². The van der Waals surface area contributed by atoms with Gasteiger partial charge in [-0.05, 0) is 18.2 Å². The molecule has 6 heteroatoms. The van der Waals surface area contributed by atoms with Gasteiger partial charge in [-0.15, -0.1) is 22.0 Å². The number of carbonyl (C=O) groups excluding carboxylic acids is 1. The van der Waals surface area contributed by atoms with Crippen molar-refractivity contribution >= 4 is 34.3 Å².